The molecule has 2 aliphatic heterocycles. The van der Waals surface area contributed by atoms with Crippen LogP contribution in [-0.4, -0.2) is 69.1 Å². The van der Waals surface area contributed by atoms with Crippen molar-refractivity contribution in [2.24, 2.45) is 0 Å². The number of aliphatic hydroxyl groups excluding tert-OH is 1. The highest BCUT2D eigenvalue weighted by molar-refractivity contribution is 6.92. The van der Waals surface area contributed by atoms with E-state index in [1.807, 2.05) is 175 Å². The number of aliphatic hydroxyl groups is 1. The van der Waals surface area contributed by atoms with Crippen molar-refractivity contribution in [2.45, 2.75) is 91.3 Å². The fourth-order valence-electron chi connectivity index (χ4n) is 8.18. The van der Waals surface area contributed by atoms with Gasteiger partial charge in [0, 0.05) is 29.6 Å². The largest absolute Gasteiger partial charge is 0.497 e. The van der Waals surface area contributed by atoms with E-state index < -0.39 is 30.0 Å². The van der Waals surface area contributed by atoms with Crippen molar-refractivity contribution in [3.05, 3.63) is 173 Å². The molecular weight excluding hydrogens is 991 g/mol. The summed E-state index contributed by atoms with van der Waals surface area (Å²) in [6.07, 6.45) is 1.58. The molecule has 0 spiro atoms. The van der Waals surface area contributed by atoms with Crippen LogP contribution in [0.25, 0.3) is 6.08 Å². The van der Waals surface area contributed by atoms with Crippen LogP contribution < -0.4 is 38.2 Å². The molecule has 2 aliphatic rings. The molecule has 4 unspecified atom stereocenters. The average molecular weight is 1060 g/mol. The van der Waals surface area contributed by atoms with Gasteiger partial charge in [-0.05, 0) is 155 Å². The first-order chi connectivity index (χ1) is 35.1. The molecule has 0 radical (unpaired) electrons. The molecule has 6 aromatic carbocycles. The number of methoxy groups -OCH3 is 3. The van der Waals surface area contributed by atoms with Gasteiger partial charge in [-0.2, -0.15) is 19.8 Å². The van der Waals surface area contributed by atoms with Crippen LogP contribution in [0.1, 0.15) is 81.0 Å². The molecule has 1 N–H and O–H groups in total. The molecule has 0 bridgehead atoms. The molecule has 14 nitrogen and oxygen atoms in total. The highest BCUT2D eigenvalue weighted by Crippen LogP contribution is 2.43. The number of carbonyl (C=O) groups is 2. The Morgan fingerprint density at radius 2 is 0.987 bits per heavy atom. The van der Waals surface area contributed by atoms with Gasteiger partial charge in [-0.3, -0.25) is 9.80 Å². The summed E-state index contributed by atoms with van der Waals surface area (Å²) in [4.78, 5) is 29.9. The third-order valence-electron chi connectivity index (χ3n) is 12.2. The molecule has 0 aromatic heterocycles. The lowest BCUT2D eigenvalue weighted by atomic mass is 9.88. The number of hydrogen-bond acceptors (Lipinski definition) is 12. The molecule has 400 valence electrons. The first-order valence-electron chi connectivity index (χ1n) is 24.3. The van der Waals surface area contributed by atoms with Gasteiger partial charge >= 0.3 is 12.2 Å². The zero-order chi connectivity index (χ0) is 52.1. The smallest absolute Gasteiger partial charge is 0.414 e. The lowest BCUT2D eigenvalue weighted by molar-refractivity contribution is -0.124. The van der Waals surface area contributed by atoms with Crippen molar-refractivity contribution in [3.8, 4) is 34.5 Å². The van der Waals surface area contributed by atoms with E-state index in [1.54, 1.807) is 43.3 Å². The number of nitrogens with zero attached hydrogens (tertiary/aromatic N) is 2. The Morgan fingerprint density at radius 3 is 1.43 bits per heavy atom. The van der Waals surface area contributed by atoms with E-state index in [9.17, 15) is 14.7 Å². The van der Waals surface area contributed by atoms with Gasteiger partial charge < -0.3 is 47.7 Å². The lowest BCUT2D eigenvalue weighted by Crippen LogP contribution is -2.49. The van der Waals surface area contributed by atoms with Gasteiger partial charge in [0.15, 0.2) is 0 Å². The number of ether oxygens (including phenoxy) is 9. The van der Waals surface area contributed by atoms with Crippen LogP contribution in [0.5, 0.6) is 34.5 Å². The molecule has 2 heterocycles. The summed E-state index contributed by atoms with van der Waals surface area (Å²) in [6, 6.07) is 41.3. The minimum atomic E-state index is -0.892. The first kappa shape index (κ1) is 59.1. The van der Waals surface area contributed by atoms with E-state index in [0.29, 0.717) is 36.8 Å². The number of anilines is 2. The summed E-state index contributed by atoms with van der Waals surface area (Å²) >= 11 is 0. The molecule has 4 atom stereocenters. The maximum atomic E-state index is 13.4. The van der Waals surface area contributed by atoms with Gasteiger partial charge in [0.05, 0.1) is 40.5 Å². The predicted molar refractivity (Wildman–Crippen MR) is 303 cm³/mol. The van der Waals surface area contributed by atoms with Crippen molar-refractivity contribution < 1.29 is 57.3 Å². The number of carbonyl (C=O) groups excluding carboxylic acids is 2. The number of hydrogen-bond donors (Lipinski definition) is 1. The summed E-state index contributed by atoms with van der Waals surface area (Å²) in [5, 5.41) is 10.9. The van der Waals surface area contributed by atoms with Crippen LogP contribution >= 0.6 is 19.8 Å². The second-order valence-corrected chi connectivity index (χ2v) is 18.4. The average Bonchev–Trinajstić information content (AvgIpc) is 3.39. The van der Waals surface area contributed by atoms with E-state index in [4.69, 9.17) is 42.6 Å². The lowest BCUT2D eigenvalue weighted by Gasteiger charge is -2.41. The van der Waals surface area contributed by atoms with E-state index in [0.717, 1.165) is 62.3 Å². The fraction of sp³-hybridized carbons (Fsp3) is 0.322. The quantitative estimate of drug-likeness (QED) is 0.0868. The Morgan fingerprint density at radius 1 is 0.560 bits per heavy atom. The van der Waals surface area contributed by atoms with Crippen LogP contribution in [0.15, 0.2) is 140 Å². The van der Waals surface area contributed by atoms with Gasteiger partial charge in [-0.15, -0.1) is 0 Å². The normalized spacial score (nSPS) is 15.2. The maximum absolute atomic E-state index is 13.4. The summed E-state index contributed by atoms with van der Waals surface area (Å²) in [6.45, 7) is 13.6. The predicted octanol–water partition coefficient (Wildman–Crippen LogP) is 12.4. The van der Waals surface area contributed by atoms with Crippen LogP contribution in [0.3, 0.4) is 0 Å². The van der Waals surface area contributed by atoms with Gasteiger partial charge in [-0.1, -0.05) is 54.6 Å². The van der Waals surface area contributed by atoms with Crippen LogP contribution in [0, 0.1) is 0 Å². The molecule has 16 heteroatoms. The second-order valence-electron chi connectivity index (χ2n) is 18.4. The molecule has 2 amide bonds. The van der Waals surface area contributed by atoms with Gasteiger partial charge in [-0.25, -0.2) is 9.59 Å². The molecule has 0 aliphatic carbocycles. The number of fused-ring (bicyclic) bond motifs is 2. The van der Waals surface area contributed by atoms with Crippen molar-refractivity contribution in [1.29, 1.82) is 0 Å². The zero-order valence-electron chi connectivity index (χ0n) is 44.5. The van der Waals surface area contributed by atoms with E-state index in [2.05, 4.69) is 0 Å². The van der Waals surface area contributed by atoms with Crippen LogP contribution in [-0.2, 0) is 40.5 Å². The highest BCUT2D eigenvalue weighted by atomic mass is 31.0. The fourth-order valence-corrected chi connectivity index (χ4v) is 8.18. The number of rotatable bonds is 17. The van der Waals surface area contributed by atoms with Crippen LogP contribution in [0.4, 0.5) is 21.0 Å². The number of benzene rings is 6. The Balaban J connectivity index is 0.000000271. The minimum absolute atomic E-state index is 0. The Bertz CT molecular complexity index is 2810. The topological polar surface area (TPSA) is 144 Å². The summed E-state index contributed by atoms with van der Waals surface area (Å²) in [5.41, 5.74) is 5.28. The van der Waals surface area contributed by atoms with Crippen molar-refractivity contribution in [2.75, 3.05) is 44.3 Å². The van der Waals surface area contributed by atoms with E-state index in [-0.39, 0.29) is 45.2 Å². The third kappa shape index (κ3) is 15.6. The SMILES string of the molecule is CCOc1ccc(COC(=O)N(Cc2ccc(OC)cc2)c2ccc3c(c2)C(OC)C(O)C(C)(C)O3)cc1.CCOc1ccc(COC(=O)N(Cc2ccc(OC)cc2)c2ccc3c(c2)C=CC(C)(C)O3)cc1.P.P. The van der Waals surface area contributed by atoms with Crippen LogP contribution in [0.2, 0.25) is 0 Å². The second kappa shape index (κ2) is 27.1. The zero-order valence-corrected chi connectivity index (χ0v) is 47.3. The van der Waals surface area contributed by atoms with E-state index in [1.165, 1.54) is 0 Å². The minimum Gasteiger partial charge on any atom is -0.497 e. The van der Waals surface area contributed by atoms with Crippen molar-refractivity contribution in [3.63, 3.8) is 0 Å². The molecular formula is C59H72N2O12P2. The molecule has 75 heavy (non-hydrogen) atoms. The monoisotopic (exact) mass is 1060 g/mol. The summed E-state index contributed by atoms with van der Waals surface area (Å²) < 4.78 is 50.7. The molecule has 0 saturated heterocycles. The Hall–Kier alpha value is -6.82. The van der Waals surface area contributed by atoms with Gasteiger partial charge in [0.2, 0.25) is 0 Å². The molecule has 6 aromatic rings. The molecule has 0 saturated carbocycles. The molecule has 0 fully saturated rings. The van der Waals surface area contributed by atoms with Gasteiger partial charge in [0.25, 0.3) is 0 Å². The van der Waals surface area contributed by atoms with Gasteiger partial charge in [0.1, 0.15) is 71.1 Å². The third-order valence-corrected chi connectivity index (χ3v) is 12.2. The summed E-state index contributed by atoms with van der Waals surface area (Å²) in [7, 11) is 4.78. The number of amides is 2. The Labute approximate surface area is 448 Å². The van der Waals surface area contributed by atoms with Crippen molar-refractivity contribution >= 4 is 49.4 Å². The standard InChI is InChI=1S/C30H35NO7.C29H31NO5.2H3P/c1-6-36-24-14-9-21(10-15-24)19-37-29(33)31(18-20-7-12-23(34-4)13-8-20)22-11-16-26-25(17-22)27(35-5)28(32)30(2,3)38-26;1-5-33-26-13-8-22(9-14-26)20-34-28(31)30(19-21-6-11-25(32-4)12-7-21)24-10-15-27-23(18-24)16-17-29(2,3)35-27;;/h7-17,27-28,32H,6,18-19H2,1-5H3;6-18H,5,19-20H2,1-4H3;2*1H3. The highest BCUT2D eigenvalue weighted by Gasteiger charge is 2.43. The van der Waals surface area contributed by atoms with E-state index >= 15 is 0 Å². The first-order valence-corrected chi connectivity index (χ1v) is 24.3. The molecule has 8 rings (SSSR count). The summed E-state index contributed by atoms with van der Waals surface area (Å²) in [5.74, 6) is 4.42. The van der Waals surface area contributed by atoms with Crippen molar-refractivity contribution in [1.82, 2.24) is 0 Å². The maximum Gasteiger partial charge on any atom is 0.414 e. The Kier molecular flexibility index (Phi) is 21.3.